The third kappa shape index (κ3) is 6.03. The summed E-state index contributed by atoms with van der Waals surface area (Å²) >= 11 is 3.16. The lowest BCUT2D eigenvalue weighted by Gasteiger charge is -2.15. The second-order valence-corrected chi connectivity index (χ2v) is 8.60. The van der Waals surface area contributed by atoms with Gasteiger partial charge >= 0.3 is 6.18 Å². The van der Waals surface area contributed by atoms with E-state index in [9.17, 15) is 18.0 Å². The number of alkyl halides is 4. The molecule has 11 heteroatoms. The summed E-state index contributed by atoms with van der Waals surface area (Å²) in [6.07, 6.45) is 1.93. The lowest BCUT2D eigenvalue weighted by Crippen LogP contribution is -2.16. The molecule has 0 saturated carbocycles. The molecule has 0 fully saturated rings. The third-order valence-corrected chi connectivity index (χ3v) is 5.69. The first-order valence-electron chi connectivity index (χ1n) is 10.8. The van der Waals surface area contributed by atoms with E-state index in [0.29, 0.717) is 28.3 Å². The van der Waals surface area contributed by atoms with E-state index in [1.165, 1.54) is 18.5 Å². The van der Waals surface area contributed by atoms with E-state index in [4.69, 9.17) is 0 Å². The van der Waals surface area contributed by atoms with Gasteiger partial charge in [-0.2, -0.15) is 13.2 Å². The molecule has 0 aliphatic heterocycles. The van der Waals surface area contributed by atoms with E-state index in [2.05, 4.69) is 46.5 Å². The molecular formula is C25H20BrF3N6O. The van der Waals surface area contributed by atoms with Crippen LogP contribution in [0.25, 0.3) is 11.3 Å². The van der Waals surface area contributed by atoms with E-state index in [1.807, 2.05) is 6.92 Å². The first kappa shape index (κ1) is 25.2. The molecule has 0 bridgehead atoms. The number of halogens is 4. The number of carbonyl (C=O) groups excluding carboxylic acids is 1. The van der Waals surface area contributed by atoms with Crippen LogP contribution in [0.3, 0.4) is 0 Å². The second kappa shape index (κ2) is 10.8. The van der Waals surface area contributed by atoms with Crippen LogP contribution in [-0.4, -0.2) is 31.2 Å². The molecular weight excluding hydrogens is 537 g/mol. The Morgan fingerprint density at radius 2 is 1.83 bits per heavy atom. The van der Waals surface area contributed by atoms with Gasteiger partial charge in [0.05, 0.1) is 11.3 Å². The van der Waals surface area contributed by atoms with Crippen molar-refractivity contribution in [2.24, 2.45) is 0 Å². The number of benzene rings is 2. The van der Waals surface area contributed by atoms with Crippen LogP contribution in [0.15, 0.2) is 67.4 Å². The van der Waals surface area contributed by atoms with Crippen LogP contribution in [0.2, 0.25) is 0 Å². The van der Waals surface area contributed by atoms with Crippen molar-refractivity contribution < 1.29 is 18.0 Å². The minimum Gasteiger partial charge on any atom is -0.324 e. The van der Waals surface area contributed by atoms with Crippen molar-refractivity contribution in [2.75, 3.05) is 16.0 Å². The van der Waals surface area contributed by atoms with Crippen molar-refractivity contribution >= 4 is 39.2 Å². The average Bonchev–Trinajstić information content (AvgIpc) is 2.86. The Bertz CT molecular complexity index is 1380. The number of nitrogens with zero attached hydrogens (tertiary/aromatic N) is 4. The molecule has 4 rings (SSSR count). The highest BCUT2D eigenvalue weighted by Gasteiger charge is 2.33. The first-order chi connectivity index (χ1) is 17.2. The van der Waals surface area contributed by atoms with Crippen molar-refractivity contribution in [1.82, 2.24) is 19.9 Å². The molecule has 184 valence electrons. The maximum absolute atomic E-state index is 13.5. The predicted molar refractivity (Wildman–Crippen MR) is 134 cm³/mol. The quantitative estimate of drug-likeness (QED) is 0.263. The van der Waals surface area contributed by atoms with E-state index < -0.39 is 17.6 Å². The van der Waals surface area contributed by atoms with E-state index in [1.54, 1.807) is 42.9 Å². The van der Waals surface area contributed by atoms with Gasteiger partial charge in [-0.15, -0.1) is 0 Å². The van der Waals surface area contributed by atoms with E-state index in [0.717, 1.165) is 17.2 Å². The molecule has 36 heavy (non-hydrogen) atoms. The fraction of sp³-hybridized carbons (Fsp3) is 0.160. The lowest BCUT2D eigenvalue weighted by atomic mass is 10.0. The molecule has 0 spiro atoms. The first-order valence-corrected chi connectivity index (χ1v) is 11.9. The second-order valence-electron chi connectivity index (χ2n) is 7.81. The number of aromatic nitrogens is 4. The molecule has 1 amide bonds. The lowest BCUT2D eigenvalue weighted by molar-refractivity contribution is -0.138. The van der Waals surface area contributed by atoms with Gasteiger partial charge in [0.15, 0.2) is 0 Å². The minimum absolute atomic E-state index is 0.0863. The number of carbonyl (C=O) groups is 1. The molecule has 7 nitrogen and oxygen atoms in total. The summed E-state index contributed by atoms with van der Waals surface area (Å²) in [5, 5.41) is 6.17. The molecule has 0 aliphatic rings. The van der Waals surface area contributed by atoms with Crippen LogP contribution in [0.4, 0.5) is 30.5 Å². The largest absolute Gasteiger partial charge is 0.416 e. The number of nitrogens with one attached hydrogen (secondary N) is 2. The molecule has 0 aliphatic carbocycles. The maximum atomic E-state index is 13.5. The van der Waals surface area contributed by atoms with Crippen molar-refractivity contribution in [2.45, 2.75) is 19.5 Å². The number of hydrogen-bond acceptors (Lipinski definition) is 6. The summed E-state index contributed by atoms with van der Waals surface area (Å²) in [7, 11) is 0. The van der Waals surface area contributed by atoms with Crippen LogP contribution in [0.1, 0.15) is 27.0 Å². The summed E-state index contributed by atoms with van der Waals surface area (Å²) in [5.41, 5.74) is 2.45. The standard InChI is InChI=1S/C25H20BrF3N6O/c1-15-2-5-19(33-23(36)17-4-3-16(6-8-26)20(10-17)25(27,28)29)11-22(15)35-24-32-9-7-21(34-24)18-12-30-14-31-13-18/h2-5,7,9-14H,6,8H2,1H3,(H,33,36)(H,32,34,35). The molecule has 2 N–H and O–H groups in total. The van der Waals surface area contributed by atoms with Gasteiger partial charge in [-0.05, 0) is 54.8 Å². The van der Waals surface area contributed by atoms with E-state index in [-0.39, 0.29) is 17.5 Å². The zero-order chi connectivity index (χ0) is 25.7. The fourth-order valence-corrected chi connectivity index (χ4v) is 3.90. The normalized spacial score (nSPS) is 11.2. The summed E-state index contributed by atoms with van der Waals surface area (Å²) in [6.45, 7) is 1.86. The number of amides is 1. The number of anilines is 3. The molecule has 0 atom stereocenters. The van der Waals surface area contributed by atoms with Gasteiger partial charge in [-0.25, -0.2) is 19.9 Å². The maximum Gasteiger partial charge on any atom is 0.416 e. The van der Waals surface area contributed by atoms with Crippen LogP contribution in [0, 0.1) is 6.92 Å². The molecule has 4 aromatic rings. The van der Waals surface area contributed by atoms with E-state index >= 15 is 0 Å². The molecule has 2 heterocycles. The molecule has 0 unspecified atom stereocenters. The monoisotopic (exact) mass is 556 g/mol. The highest BCUT2D eigenvalue weighted by atomic mass is 79.9. The SMILES string of the molecule is Cc1ccc(NC(=O)c2ccc(CCBr)c(C(F)(F)F)c2)cc1Nc1nccc(-c2cncnc2)n1. The molecule has 2 aromatic heterocycles. The van der Waals surface area contributed by atoms with Crippen molar-refractivity contribution in [3.8, 4) is 11.3 Å². The zero-order valence-corrected chi connectivity index (χ0v) is 20.6. The fourth-order valence-electron chi connectivity index (χ4n) is 3.47. The van der Waals surface area contributed by atoms with Gasteiger partial charge in [0.1, 0.15) is 6.33 Å². The average molecular weight is 557 g/mol. The molecule has 2 aromatic carbocycles. The Hall–Kier alpha value is -3.86. The zero-order valence-electron chi connectivity index (χ0n) is 19.0. The van der Waals surface area contributed by atoms with Crippen molar-refractivity contribution in [3.63, 3.8) is 0 Å². The Morgan fingerprint density at radius 3 is 2.56 bits per heavy atom. The Balaban J connectivity index is 1.55. The predicted octanol–water partition coefficient (Wildman–Crippen LogP) is 6.19. The minimum atomic E-state index is -4.56. The Labute approximate surface area is 213 Å². The number of hydrogen-bond donors (Lipinski definition) is 2. The van der Waals surface area contributed by atoms with Crippen molar-refractivity contribution in [3.05, 3.63) is 89.6 Å². The van der Waals surface area contributed by atoms with Crippen LogP contribution in [-0.2, 0) is 12.6 Å². The molecule has 0 radical (unpaired) electrons. The third-order valence-electron chi connectivity index (χ3n) is 5.30. The van der Waals surface area contributed by atoms with Gasteiger partial charge in [-0.1, -0.05) is 28.1 Å². The summed E-state index contributed by atoms with van der Waals surface area (Å²) in [5.74, 6) is -0.330. The summed E-state index contributed by atoms with van der Waals surface area (Å²) in [4.78, 5) is 29.5. The highest BCUT2D eigenvalue weighted by Crippen LogP contribution is 2.33. The van der Waals surface area contributed by atoms with Gasteiger partial charge < -0.3 is 10.6 Å². The molecule has 0 saturated heterocycles. The van der Waals surface area contributed by atoms with Crippen LogP contribution >= 0.6 is 15.9 Å². The van der Waals surface area contributed by atoms with Crippen molar-refractivity contribution in [1.29, 1.82) is 0 Å². The number of aryl methyl sites for hydroxylation is 2. The van der Waals surface area contributed by atoms with Gasteiger partial charge in [0.25, 0.3) is 5.91 Å². The highest BCUT2D eigenvalue weighted by molar-refractivity contribution is 9.09. The van der Waals surface area contributed by atoms with Gasteiger partial charge in [0.2, 0.25) is 5.95 Å². The topological polar surface area (TPSA) is 92.7 Å². The smallest absolute Gasteiger partial charge is 0.324 e. The summed E-state index contributed by atoms with van der Waals surface area (Å²) in [6, 6.07) is 10.4. The Kier molecular flexibility index (Phi) is 7.58. The van der Waals surface area contributed by atoms with Gasteiger partial charge in [-0.3, -0.25) is 4.79 Å². The van der Waals surface area contributed by atoms with Gasteiger partial charge in [0, 0.05) is 46.4 Å². The Morgan fingerprint density at radius 1 is 1.06 bits per heavy atom. The van der Waals surface area contributed by atoms with Crippen LogP contribution in [0.5, 0.6) is 0 Å². The summed E-state index contributed by atoms with van der Waals surface area (Å²) < 4.78 is 40.5. The number of rotatable bonds is 7. The van der Waals surface area contributed by atoms with Crippen LogP contribution < -0.4 is 10.6 Å².